The average Bonchev–Trinajstić information content (AvgIpc) is 3.40. The number of piperazine rings is 1. The number of rotatable bonds is 5. The molecule has 0 saturated carbocycles. The quantitative estimate of drug-likeness (QED) is 0.538. The summed E-state index contributed by atoms with van der Waals surface area (Å²) in [7, 11) is -3.76. The fourth-order valence-corrected chi connectivity index (χ4v) is 6.44. The zero-order valence-electron chi connectivity index (χ0n) is 17.4. The molecule has 7 nitrogen and oxygen atoms in total. The summed E-state index contributed by atoms with van der Waals surface area (Å²) in [5.41, 5.74) is -0.297. The van der Waals surface area contributed by atoms with Gasteiger partial charge in [-0.2, -0.15) is 22.5 Å². The van der Waals surface area contributed by atoms with Crippen LogP contribution in [-0.2, 0) is 22.6 Å². The third kappa shape index (κ3) is 4.39. The average molecular weight is 487 g/mol. The fraction of sp³-hybridized carbons (Fsp3) is 0.400. The fourth-order valence-electron chi connectivity index (χ4n) is 3.53. The second-order valence-corrected chi connectivity index (χ2v) is 10.5. The van der Waals surface area contributed by atoms with Gasteiger partial charge in [-0.15, -0.1) is 11.3 Å². The maximum atomic E-state index is 13.2. The third-order valence-electron chi connectivity index (χ3n) is 5.26. The zero-order valence-corrected chi connectivity index (χ0v) is 19.0. The van der Waals surface area contributed by atoms with Gasteiger partial charge in [0.2, 0.25) is 21.7 Å². The molecule has 0 amide bonds. The molecule has 32 heavy (non-hydrogen) atoms. The van der Waals surface area contributed by atoms with Crippen LogP contribution in [0.4, 0.5) is 18.9 Å². The summed E-state index contributed by atoms with van der Waals surface area (Å²) >= 11 is 1.28. The van der Waals surface area contributed by atoms with E-state index in [1.807, 2.05) is 6.92 Å². The van der Waals surface area contributed by atoms with Gasteiger partial charge in [0.15, 0.2) is 0 Å². The van der Waals surface area contributed by atoms with Gasteiger partial charge < -0.3 is 9.42 Å². The van der Waals surface area contributed by atoms with Crippen molar-refractivity contribution in [3.63, 3.8) is 0 Å². The van der Waals surface area contributed by atoms with Crippen LogP contribution < -0.4 is 4.90 Å². The minimum atomic E-state index is -4.42. The molecule has 0 spiro atoms. The van der Waals surface area contributed by atoms with Gasteiger partial charge in [-0.25, -0.2) is 8.42 Å². The van der Waals surface area contributed by atoms with E-state index in [0.29, 0.717) is 46.7 Å². The predicted octanol–water partition coefficient (Wildman–Crippen LogP) is 4.20. The normalized spacial score (nSPS) is 16.0. The first-order valence-electron chi connectivity index (χ1n) is 9.95. The van der Waals surface area contributed by atoms with E-state index in [0.717, 1.165) is 12.1 Å². The van der Waals surface area contributed by atoms with E-state index in [4.69, 9.17) is 4.52 Å². The molecule has 1 fully saturated rings. The third-order valence-corrected chi connectivity index (χ3v) is 8.46. The standard InChI is InChI=1S/C20H21F3N4O3S2/c1-3-18-24-19(25-30-18)16-12-17(13(2)31-16)32(28,29)27-9-7-26(8-10-27)15-6-4-5-14(11-15)20(21,22)23/h4-6,11-12H,3,7-10H2,1-2H3. The molecule has 0 atom stereocenters. The smallest absolute Gasteiger partial charge is 0.369 e. The Kier molecular flexibility index (Phi) is 6.03. The van der Waals surface area contributed by atoms with Crippen LogP contribution in [0.25, 0.3) is 10.7 Å². The monoisotopic (exact) mass is 486 g/mol. The summed E-state index contributed by atoms with van der Waals surface area (Å²) in [5, 5.41) is 3.90. The highest BCUT2D eigenvalue weighted by Gasteiger charge is 2.33. The predicted molar refractivity (Wildman–Crippen MR) is 114 cm³/mol. The summed E-state index contributed by atoms with van der Waals surface area (Å²) in [6.07, 6.45) is -3.84. The van der Waals surface area contributed by atoms with Crippen LogP contribution in [0.3, 0.4) is 0 Å². The van der Waals surface area contributed by atoms with Gasteiger partial charge in [-0.05, 0) is 31.2 Å². The Hall–Kier alpha value is -2.44. The molecule has 12 heteroatoms. The van der Waals surface area contributed by atoms with Gasteiger partial charge in [0, 0.05) is 43.2 Å². The van der Waals surface area contributed by atoms with Crippen LogP contribution in [-0.4, -0.2) is 49.0 Å². The SMILES string of the molecule is CCc1nc(-c2cc(S(=O)(=O)N3CCN(c4cccc(C(F)(F)F)c4)CC3)c(C)s2)no1. The molecule has 1 aromatic carbocycles. The molecule has 2 aromatic heterocycles. The lowest BCUT2D eigenvalue weighted by molar-refractivity contribution is -0.137. The number of hydrogen-bond donors (Lipinski definition) is 0. The first kappa shape index (κ1) is 22.7. The minimum absolute atomic E-state index is 0.172. The van der Waals surface area contributed by atoms with Crippen LogP contribution in [0, 0.1) is 6.92 Å². The Morgan fingerprint density at radius 3 is 2.50 bits per heavy atom. The first-order chi connectivity index (χ1) is 15.1. The Bertz CT molecular complexity index is 1210. The van der Waals surface area contributed by atoms with E-state index >= 15 is 0 Å². The lowest BCUT2D eigenvalue weighted by Gasteiger charge is -2.35. The summed E-state index contributed by atoms with van der Waals surface area (Å²) in [5.74, 6) is 0.826. The van der Waals surface area contributed by atoms with Crippen molar-refractivity contribution in [2.24, 2.45) is 0 Å². The van der Waals surface area contributed by atoms with Crippen molar-refractivity contribution in [3.8, 4) is 10.7 Å². The van der Waals surface area contributed by atoms with Gasteiger partial charge in [-0.3, -0.25) is 0 Å². The Morgan fingerprint density at radius 2 is 1.88 bits per heavy atom. The van der Waals surface area contributed by atoms with Crippen molar-refractivity contribution in [2.75, 3.05) is 31.1 Å². The lowest BCUT2D eigenvalue weighted by atomic mass is 10.1. The van der Waals surface area contributed by atoms with Crippen LogP contribution in [0.2, 0.25) is 0 Å². The molecule has 0 N–H and O–H groups in total. The van der Waals surface area contributed by atoms with E-state index in [1.54, 1.807) is 24.0 Å². The summed E-state index contributed by atoms with van der Waals surface area (Å²) in [6, 6.07) is 6.63. The number of alkyl halides is 3. The highest BCUT2D eigenvalue weighted by Crippen LogP contribution is 2.35. The van der Waals surface area contributed by atoms with Gasteiger partial charge in [0.05, 0.1) is 15.3 Å². The number of halogens is 3. The van der Waals surface area contributed by atoms with Gasteiger partial charge in [-0.1, -0.05) is 18.1 Å². The molecule has 3 aromatic rings. The molecular weight excluding hydrogens is 465 g/mol. The minimum Gasteiger partial charge on any atom is -0.369 e. The number of anilines is 1. The number of aryl methyl sites for hydroxylation is 2. The van der Waals surface area contributed by atoms with E-state index in [9.17, 15) is 21.6 Å². The highest BCUT2D eigenvalue weighted by molar-refractivity contribution is 7.89. The molecular formula is C20H21F3N4O3S2. The van der Waals surface area contributed by atoms with Crippen molar-refractivity contribution in [3.05, 3.63) is 46.7 Å². The van der Waals surface area contributed by atoms with Gasteiger partial charge in [0.25, 0.3) is 0 Å². The number of nitrogens with zero attached hydrogens (tertiary/aromatic N) is 4. The molecule has 1 aliphatic rings. The summed E-state index contributed by atoms with van der Waals surface area (Å²) < 4.78 is 72.0. The number of thiophene rings is 1. The molecule has 4 rings (SSSR count). The van der Waals surface area contributed by atoms with E-state index in [1.165, 1.54) is 21.7 Å². The van der Waals surface area contributed by atoms with Crippen LogP contribution in [0.15, 0.2) is 39.8 Å². The van der Waals surface area contributed by atoms with E-state index in [2.05, 4.69) is 10.1 Å². The van der Waals surface area contributed by atoms with Crippen molar-refractivity contribution in [1.82, 2.24) is 14.4 Å². The molecule has 0 radical (unpaired) electrons. The largest absolute Gasteiger partial charge is 0.416 e. The van der Waals surface area contributed by atoms with Crippen LogP contribution in [0.1, 0.15) is 23.3 Å². The number of aromatic nitrogens is 2. The van der Waals surface area contributed by atoms with Gasteiger partial charge in [0.1, 0.15) is 0 Å². The topological polar surface area (TPSA) is 79.5 Å². The molecule has 0 bridgehead atoms. The van der Waals surface area contributed by atoms with Crippen LogP contribution in [0.5, 0.6) is 0 Å². The van der Waals surface area contributed by atoms with E-state index < -0.39 is 21.8 Å². The number of sulfonamides is 1. The Morgan fingerprint density at radius 1 is 1.16 bits per heavy atom. The van der Waals surface area contributed by atoms with Gasteiger partial charge >= 0.3 is 6.18 Å². The van der Waals surface area contributed by atoms with Crippen molar-refractivity contribution >= 4 is 27.0 Å². The number of benzene rings is 1. The second-order valence-electron chi connectivity index (χ2n) is 7.34. The highest BCUT2D eigenvalue weighted by atomic mass is 32.2. The molecule has 1 aliphatic heterocycles. The summed E-state index contributed by atoms with van der Waals surface area (Å²) in [6.45, 7) is 4.53. The summed E-state index contributed by atoms with van der Waals surface area (Å²) in [4.78, 5) is 7.42. The number of hydrogen-bond acceptors (Lipinski definition) is 7. The molecule has 172 valence electrons. The molecule has 3 heterocycles. The lowest BCUT2D eigenvalue weighted by Crippen LogP contribution is -2.48. The van der Waals surface area contributed by atoms with E-state index in [-0.39, 0.29) is 18.0 Å². The van der Waals surface area contributed by atoms with Crippen molar-refractivity contribution < 1.29 is 26.1 Å². The molecule has 1 saturated heterocycles. The van der Waals surface area contributed by atoms with Crippen molar-refractivity contribution in [1.29, 1.82) is 0 Å². The first-order valence-corrected chi connectivity index (χ1v) is 12.2. The van der Waals surface area contributed by atoms with Crippen molar-refractivity contribution in [2.45, 2.75) is 31.3 Å². The maximum absolute atomic E-state index is 13.2. The zero-order chi connectivity index (χ0) is 23.1. The maximum Gasteiger partial charge on any atom is 0.416 e. The molecule has 0 aliphatic carbocycles. The Balaban J connectivity index is 1.50. The molecule has 0 unspecified atom stereocenters. The van der Waals surface area contributed by atoms with Crippen LogP contribution >= 0.6 is 11.3 Å². The Labute approximate surface area is 187 Å². The second kappa shape index (κ2) is 8.49.